The minimum atomic E-state index is -0.443. The highest BCUT2D eigenvalue weighted by Crippen LogP contribution is 2.34. The van der Waals surface area contributed by atoms with Crippen molar-refractivity contribution in [1.29, 1.82) is 0 Å². The first-order valence-electron chi connectivity index (χ1n) is 7.16. The second-order valence-corrected chi connectivity index (χ2v) is 5.76. The molecule has 2 rings (SSSR count). The second kappa shape index (κ2) is 7.78. The molecule has 0 saturated heterocycles. The lowest BCUT2D eigenvalue weighted by Gasteiger charge is -2.25. The van der Waals surface area contributed by atoms with E-state index in [1.165, 1.54) is 0 Å². The highest BCUT2D eigenvalue weighted by Gasteiger charge is 2.29. The molecule has 0 radical (unpaired) electrons. The van der Waals surface area contributed by atoms with Crippen molar-refractivity contribution in [2.24, 2.45) is 5.92 Å². The molecule has 0 N–H and O–H groups in total. The Morgan fingerprint density at radius 2 is 2.10 bits per heavy atom. The molecule has 0 amide bonds. The van der Waals surface area contributed by atoms with Crippen LogP contribution in [-0.2, 0) is 19.0 Å². The number of hydrogen-bond donors (Lipinski definition) is 0. The number of esters is 1. The molecule has 1 saturated carbocycles. The van der Waals surface area contributed by atoms with Gasteiger partial charge in [0.15, 0.2) is 0 Å². The zero-order chi connectivity index (χ0) is 15.2. The van der Waals surface area contributed by atoms with Crippen LogP contribution < -0.4 is 0 Å². The predicted octanol–water partition coefficient (Wildman–Crippen LogP) is 3.73. The van der Waals surface area contributed by atoms with Crippen molar-refractivity contribution in [3.63, 3.8) is 0 Å². The van der Waals surface area contributed by atoms with Gasteiger partial charge in [-0.25, -0.2) is 0 Å². The van der Waals surface area contributed by atoms with Crippen LogP contribution in [0.25, 0.3) is 0 Å². The summed E-state index contributed by atoms with van der Waals surface area (Å²) in [5.41, 5.74) is 0.794. The fourth-order valence-corrected chi connectivity index (χ4v) is 2.44. The van der Waals surface area contributed by atoms with Crippen LogP contribution >= 0.6 is 11.6 Å². The normalized spacial score (nSPS) is 17.3. The van der Waals surface area contributed by atoms with Crippen LogP contribution in [-0.4, -0.2) is 26.0 Å². The van der Waals surface area contributed by atoms with Gasteiger partial charge < -0.3 is 14.2 Å². The van der Waals surface area contributed by atoms with E-state index in [4.69, 9.17) is 25.8 Å². The monoisotopic (exact) mass is 312 g/mol. The van der Waals surface area contributed by atoms with Gasteiger partial charge >= 0.3 is 5.97 Å². The predicted molar refractivity (Wildman–Crippen MR) is 80.0 cm³/mol. The number of methoxy groups -OCH3 is 1. The van der Waals surface area contributed by atoms with E-state index in [-0.39, 0.29) is 12.8 Å². The van der Waals surface area contributed by atoms with Gasteiger partial charge in [0.25, 0.3) is 0 Å². The molecule has 1 aromatic rings. The van der Waals surface area contributed by atoms with E-state index in [0.717, 1.165) is 18.4 Å². The van der Waals surface area contributed by atoms with Gasteiger partial charge in [0.2, 0.25) is 0 Å². The summed E-state index contributed by atoms with van der Waals surface area (Å²) in [5.74, 6) is 0.325. The van der Waals surface area contributed by atoms with Crippen molar-refractivity contribution < 1.29 is 19.0 Å². The number of carbonyl (C=O) groups excluding carboxylic acids is 1. The van der Waals surface area contributed by atoms with Crippen molar-refractivity contribution in [3.8, 4) is 0 Å². The number of rotatable bonds is 8. The Kier molecular flexibility index (Phi) is 6.03. The van der Waals surface area contributed by atoms with Crippen LogP contribution in [0.15, 0.2) is 24.3 Å². The maximum absolute atomic E-state index is 11.9. The van der Waals surface area contributed by atoms with Crippen LogP contribution in [0.1, 0.15) is 37.9 Å². The highest BCUT2D eigenvalue weighted by molar-refractivity contribution is 6.31. The van der Waals surface area contributed by atoms with E-state index < -0.39 is 12.2 Å². The topological polar surface area (TPSA) is 44.8 Å². The lowest BCUT2D eigenvalue weighted by molar-refractivity contribution is -0.164. The molecular weight excluding hydrogens is 292 g/mol. The highest BCUT2D eigenvalue weighted by atomic mass is 35.5. The van der Waals surface area contributed by atoms with E-state index >= 15 is 0 Å². The summed E-state index contributed by atoms with van der Waals surface area (Å²) in [6.45, 7) is 1.93. The Balaban J connectivity index is 2.03. The zero-order valence-electron chi connectivity index (χ0n) is 12.4. The second-order valence-electron chi connectivity index (χ2n) is 5.36. The Morgan fingerprint density at radius 1 is 1.38 bits per heavy atom. The molecule has 0 aromatic heterocycles. The summed E-state index contributed by atoms with van der Waals surface area (Å²) in [4.78, 5) is 11.9. The van der Waals surface area contributed by atoms with E-state index in [0.29, 0.717) is 17.4 Å². The molecule has 1 aliphatic carbocycles. The molecule has 21 heavy (non-hydrogen) atoms. The average molecular weight is 313 g/mol. The van der Waals surface area contributed by atoms with Crippen molar-refractivity contribution in [2.75, 3.05) is 13.9 Å². The Hall–Kier alpha value is -1.10. The third kappa shape index (κ3) is 4.99. The average Bonchev–Trinajstić information content (AvgIpc) is 3.24. The maximum atomic E-state index is 11.9. The summed E-state index contributed by atoms with van der Waals surface area (Å²) in [5, 5.41) is 0.587. The van der Waals surface area contributed by atoms with Crippen LogP contribution in [0.2, 0.25) is 5.02 Å². The standard InChI is InChI=1S/C16H21ClO4/c1-11(21-15(18)9-12-7-8-12)16(20-10-19-2)13-5-3-4-6-14(13)17/h3-6,11-12,16H,7-10H2,1-2H3/t11-,16+/m1/s1. The lowest BCUT2D eigenvalue weighted by Crippen LogP contribution is -2.26. The Morgan fingerprint density at radius 3 is 2.71 bits per heavy atom. The molecule has 116 valence electrons. The zero-order valence-corrected chi connectivity index (χ0v) is 13.1. The van der Waals surface area contributed by atoms with Gasteiger partial charge in [0.05, 0.1) is 0 Å². The molecule has 0 bridgehead atoms. The summed E-state index contributed by atoms with van der Waals surface area (Å²) in [7, 11) is 1.55. The number of hydrogen-bond acceptors (Lipinski definition) is 4. The largest absolute Gasteiger partial charge is 0.460 e. The van der Waals surface area contributed by atoms with Gasteiger partial charge in [0, 0.05) is 24.1 Å². The first-order chi connectivity index (χ1) is 10.1. The van der Waals surface area contributed by atoms with Crippen molar-refractivity contribution in [1.82, 2.24) is 0 Å². The molecule has 1 fully saturated rings. The summed E-state index contributed by atoms with van der Waals surface area (Å²) < 4.78 is 16.1. The first-order valence-corrected chi connectivity index (χ1v) is 7.54. The lowest BCUT2D eigenvalue weighted by atomic mass is 10.1. The first kappa shape index (κ1) is 16.3. The van der Waals surface area contributed by atoms with Crippen LogP contribution in [0.5, 0.6) is 0 Å². The SMILES string of the molecule is COCO[C@H](c1ccccc1Cl)[C@@H](C)OC(=O)CC1CC1. The fourth-order valence-electron chi connectivity index (χ4n) is 2.20. The van der Waals surface area contributed by atoms with Crippen molar-refractivity contribution in [2.45, 2.75) is 38.4 Å². The summed E-state index contributed by atoms with van der Waals surface area (Å²) in [6, 6.07) is 7.39. The van der Waals surface area contributed by atoms with Crippen molar-refractivity contribution in [3.05, 3.63) is 34.9 Å². The Labute approximate surface area is 130 Å². The number of benzene rings is 1. The molecule has 0 unspecified atom stereocenters. The van der Waals surface area contributed by atoms with Crippen LogP contribution in [0, 0.1) is 5.92 Å². The molecular formula is C16H21ClO4. The van der Waals surface area contributed by atoms with Gasteiger partial charge in [-0.3, -0.25) is 4.79 Å². The third-order valence-electron chi connectivity index (χ3n) is 3.47. The molecule has 2 atom stereocenters. The van der Waals surface area contributed by atoms with Crippen molar-refractivity contribution >= 4 is 17.6 Å². The van der Waals surface area contributed by atoms with E-state index in [9.17, 15) is 4.79 Å². The number of ether oxygens (including phenoxy) is 3. The van der Waals surface area contributed by atoms with Gasteiger partial charge in [-0.2, -0.15) is 0 Å². The molecule has 0 spiro atoms. The third-order valence-corrected chi connectivity index (χ3v) is 3.82. The van der Waals surface area contributed by atoms with Crippen LogP contribution in [0.4, 0.5) is 0 Å². The molecule has 0 heterocycles. The van der Waals surface area contributed by atoms with Crippen LogP contribution in [0.3, 0.4) is 0 Å². The molecule has 4 nitrogen and oxygen atoms in total. The fraction of sp³-hybridized carbons (Fsp3) is 0.562. The van der Waals surface area contributed by atoms with Gasteiger partial charge in [-0.1, -0.05) is 29.8 Å². The minimum Gasteiger partial charge on any atom is -0.460 e. The summed E-state index contributed by atoms with van der Waals surface area (Å²) in [6.07, 6.45) is 1.87. The quantitative estimate of drug-likeness (QED) is 0.542. The molecule has 5 heteroatoms. The molecule has 1 aliphatic rings. The van der Waals surface area contributed by atoms with E-state index in [1.807, 2.05) is 25.1 Å². The van der Waals surface area contributed by atoms with Gasteiger partial charge in [-0.15, -0.1) is 0 Å². The molecule has 0 aliphatic heterocycles. The Bertz CT molecular complexity index is 473. The van der Waals surface area contributed by atoms with Gasteiger partial charge in [0.1, 0.15) is 19.0 Å². The summed E-state index contributed by atoms with van der Waals surface area (Å²) >= 11 is 6.21. The minimum absolute atomic E-state index is 0.112. The van der Waals surface area contributed by atoms with Gasteiger partial charge in [-0.05, 0) is 31.7 Å². The number of carbonyl (C=O) groups is 1. The van der Waals surface area contributed by atoms with E-state index in [1.54, 1.807) is 13.2 Å². The van der Waals surface area contributed by atoms with E-state index in [2.05, 4.69) is 0 Å². The molecule has 1 aromatic carbocycles. The number of halogens is 1. The smallest absolute Gasteiger partial charge is 0.306 e. The maximum Gasteiger partial charge on any atom is 0.306 e.